The van der Waals surface area contributed by atoms with E-state index in [-0.39, 0.29) is 37.4 Å². The number of hydrogen-bond donors (Lipinski definition) is 2. The van der Waals surface area contributed by atoms with E-state index in [1.807, 2.05) is 35.2 Å². The van der Waals surface area contributed by atoms with Gasteiger partial charge in [-0.3, -0.25) is 19.7 Å². The van der Waals surface area contributed by atoms with Gasteiger partial charge in [-0.1, -0.05) is 12.1 Å². The van der Waals surface area contributed by atoms with Gasteiger partial charge in [0, 0.05) is 25.8 Å². The summed E-state index contributed by atoms with van der Waals surface area (Å²) in [5, 5.41) is 24.3. The van der Waals surface area contributed by atoms with E-state index in [4.69, 9.17) is 10.5 Å². The molecule has 2 unspecified atom stereocenters. The average molecular weight is 496 g/mol. The van der Waals surface area contributed by atoms with Crippen molar-refractivity contribution in [2.75, 3.05) is 25.0 Å². The van der Waals surface area contributed by atoms with Crippen LogP contribution in [0.5, 0.6) is 0 Å². The van der Waals surface area contributed by atoms with Gasteiger partial charge in [0.2, 0.25) is 0 Å². The predicted molar refractivity (Wildman–Crippen MR) is 126 cm³/mol. The molecule has 3 N–H and O–H groups in total. The highest BCUT2D eigenvalue weighted by Gasteiger charge is 2.46. The summed E-state index contributed by atoms with van der Waals surface area (Å²) in [5.41, 5.74) is 5.84. The van der Waals surface area contributed by atoms with E-state index in [1.54, 1.807) is 19.3 Å². The molecule has 13 heteroatoms. The second-order valence-corrected chi connectivity index (χ2v) is 8.42. The van der Waals surface area contributed by atoms with Crippen LogP contribution in [0, 0.1) is 11.3 Å². The second-order valence-electron chi connectivity index (χ2n) is 8.42. The van der Waals surface area contributed by atoms with Gasteiger partial charge < -0.3 is 10.5 Å². The fraction of sp³-hybridized carbons (Fsp3) is 0.391. The molecule has 2 aromatic heterocycles. The van der Waals surface area contributed by atoms with Crippen LogP contribution >= 0.6 is 0 Å². The molecule has 1 fully saturated rings. The molecule has 1 saturated heterocycles. The molecule has 1 aliphatic rings. The molecular formula is C23H26FN9O3. The molecule has 0 saturated carbocycles. The number of nitriles is 1. The third kappa shape index (κ3) is 5.03. The van der Waals surface area contributed by atoms with E-state index >= 15 is 4.39 Å². The molecular weight excluding hydrogens is 469 g/mol. The van der Waals surface area contributed by atoms with Crippen LogP contribution in [0.25, 0.3) is 5.69 Å². The Balaban J connectivity index is 1.51. The number of anilines is 1. The summed E-state index contributed by atoms with van der Waals surface area (Å²) >= 11 is 0. The molecule has 3 heterocycles. The number of aromatic nitrogens is 5. The number of carbonyl (C=O) groups excluding carboxylic acids is 2. The van der Waals surface area contributed by atoms with Crippen molar-refractivity contribution < 1.29 is 18.7 Å². The Morgan fingerprint density at radius 3 is 2.64 bits per heavy atom. The average Bonchev–Trinajstić information content (AvgIpc) is 3.53. The Kier molecular flexibility index (Phi) is 7.25. The van der Waals surface area contributed by atoms with Crippen LogP contribution in [0.1, 0.15) is 35.7 Å². The smallest absolute Gasteiger partial charge is 0.412 e. The summed E-state index contributed by atoms with van der Waals surface area (Å²) in [6.07, 6.45) is 2.26. The Labute approximate surface area is 206 Å². The van der Waals surface area contributed by atoms with Crippen molar-refractivity contribution in [3.63, 3.8) is 0 Å². The lowest BCUT2D eigenvalue weighted by atomic mass is 9.83. The summed E-state index contributed by atoms with van der Waals surface area (Å²) in [6.45, 7) is 2.79. The number of carbonyl (C=O) groups is 2. The van der Waals surface area contributed by atoms with Crippen molar-refractivity contribution in [1.82, 2.24) is 29.7 Å². The highest BCUT2D eigenvalue weighted by Crippen LogP contribution is 2.37. The molecule has 1 aliphatic heterocycles. The number of nitrogens with one attached hydrogen (secondary N) is 1. The molecule has 4 rings (SSSR count). The number of alkyl halides is 1. The Morgan fingerprint density at radius 1 is 1.31 bits per heavy atom. The summed E-state index contributed by atoms with van der Waals surface area (Å²) in [7, 11) is 0. The third-order valence-electron chi connectivity index (χ3n) is 6.17. The molecule has 3 aromatic rings. The van der Waals surface area contributed by atoms with Gasteiger partial charge in [-0.15, -0.1) is 0 Å². The van der Waals surface area contributed by atoms with Gasteiger partial charge in [-0.2, -0.15) is 25.4 Å². The maximum absolute atomic E-state index is 15.8. The maximum Gasteiger partial charge on any atom is 0.412 e. The highest BCUT2D eigenvalue weighted by molar-refractivity contribution is 6.00. The number of piperidine rings is 1. The number of amides is 2. The van der Waals surface area contributed by atoms with Crippen LogP contribution < -0.4 is 11.1 Å². The van der Waals surface area contributed by atoms with E-state index < -0.39 is 23.7 Å². The zero-order chi connectivity index (χ0) is 25.7. The van der Waals surface area contributed by atoms with Crippen LogP contribution in [0.15, 0.2) is 42.9 Å². The summed E-state index contributed by atoms with van der Waals surface area (Å²) in [5.74, 6) is -0.985. The van der Waals surface area contributed by atoms with E-state index in [1.165, 1.54) is 15.7 Å². The first-order valence-corrected chi connectivity index (χ1v) is 11.4. The molecule has 2 atom stereocenters. The number of nitrogens with two attached hydrogens (primary N) is 1. The lowest BCUT2D eigenvalue weighted by molar-refractivity contribution is 0.00694. The molecule has 0 radical (unpaired) electrons. The van der Waals surface area contributed by atoms with Gasteiger partial charge in [0.15, 0.2) is 5.82 Å². The largest absolute Gasteiger partial charge is 0.450 e. The number of likely N-dealkylation sites (tertiary alicyclic amines) is 1. The highest BCUT2D eigenvalue weighted by atomic mass is 19.1. The van der Waals surface area contributed by atoms with Gasteiger partial charge in [-0.05, 0) is 31.0 Å². The molecule has 0 spiro atoms. The Hall–Kier alpha value is -4.31. The molecule has 36 heavy (non-hydrogen) atoms. The minimum atomic E-state index is -1.48. The molecule has 0 aliphatic carbocycles. The Bertz CT molecular complexity index is 1250. The summed E-state index contributed by atoms with van der Waals surface area (Å²) in [6, 6.07) is 9.69. The van der Waals surface area contributed by atoms with Crippen LogP contribution in [-0.4, -0.2) is 67.5 Å². The third-order valence-corrected chi connectivity index (χ3v) is 6.17. The number of ether oxygens (including phenoxy) is 1. The van der Waals surface area contributed by atoms with Crippen molar-refractivity contribution in [3.8, 4) is 11.8 Å². The quantitative estimate of drug-likeness (QED) is 0.480. The topological polar surface area (TPSA) is 157 Å². The fourth-order valence-corrected chi connectivity index (χ4v) is 4.30. The minimum Gasteiger partial charge on any atom is -0.450 e. The van der Waals surface area contributed by atoms with Gasteiger partial charge in [0.25, 0.3) is 5.91 Å². The molecule has 12 nitrogen and oxygen atoms in total. The number of rotatable bonds is 8. The van der Waals surface area contributed by atoms with Gasteiger partial charge in [0.05, 0.1) is 37.2 Å². The number of hydrogen-bond acceptors (Lipinski definition) is 8. The van der Waals surface area contributed by atoms with Crippen LogP contribution in [0.2, 0.25) is 0 Å². The molecule has 1 aromatic carbocycles. The molecule has 0 bridgehead atoms. The lowest BCUT2D eigenvalue weighted by Gasteiger charge is -2.43. The van der Waals surface area contributed by atoms with Crippen LogP contribution in [0.3, 0.4) is 0 Å². The monoisotopic (exact) mass is 495 g/mol. The maximum atomic E-state index is 15.8. The first-order valence-electron chi connectivity index (χ1n) is 11.4. The molecule has 2 amide bonds. The van der Waals surface area contributed by atoms with Crippen molar-refractivity contribution in [3.05, 3.63) is 54.0 Å². The van der Waals surface area contributed by atoms with Gasteiger partial charge >= 0.3 is 6.09 Å². The normalized spacial score (nSPS) is 20.0. The van der Waals surface area contributed by atoms with E-state index in [9.17, 15) is 14.9 Å². The SMILES string of the molecule is CCOC(=O)Nc1nn(C2(CC#N)CCN(Cc3ccc(-n4nccn4)cc3)CC2F)cc1C(N)=O. The number of benzene rings is 1. The Morgan fingerprint density at radius 2 is 2.03 bits per heavy atom. The first-order chi connectivity index (χ1) is 17.4. The number of nitrogens with zero attached hydrogens (tertiary/aromatic N) is 7. The summed E-state index contributed by atoms with van der Waals surface area (Å²) < 4.78 is 21.9. The number of halogens is 1. The second kappa shape index (κ2) is 10.5. The van der Waals surface area contributed by atoms with E-state index in [0.717, 1.165) is 11.3 Å². The minimum absolute atomic E-state index is 0.0521. The van der Waals surface area contributed by atoms with Gasteiger partial charge in [-0.25, -0.2) is 9.18 Å². The van der Waals surface area contributed by atoms with Crippen LogP contribution in [0.4, 0.5) is 15.0 Å². The van der Waals surface area contributed by atoms with Crippen molar-refractivity contribution in [1.29, 1.82) is 5.26 Å². The molecule has 188 valence electrons. The first kappa shape index (κ1) is 24.8. The zero-order valence-corrected chi connectivity index (χ0v) is 19.7. The fourth-order valence-electron chi connectivity index (χ4n) is 4.30. The van der Waals surface area contributed by atoms with Crippen molar-refractivity contribution in [2.45, 2.75) is 38.0 Å². The van der Waals surface area contributed by atoms with E-state index in [0.29, 0.717) is 13.1 Å². The van der Waals surface area contributed by atoms with E-state index in [2.05, 4.69) is 20.6 Å². The van der Waals surface area contributed by atoms with Crippen molar-refractivity contribution in [2.24, 2.45) is 5.73 Å². The predicted octanol–water partition coefficient (Wildman–Crippen LogP) is 1.98. The summed E-state index contributed by atoms with van der Waals surface area (Å²) in [4.78, 5) is 27.3. The number of primary amides is 1. The lowest BCUT2D eigenvalue weighted by Crippen LogP contribution is -2.54. The van der Waals surface area contributed by atoms with Gasteiger partial charge in [0.1, 0.15) is 17.3 Å². The van der Waals surface area contributed by atoms with Crippen molar-refractivity contribution >= 4 is 17.8 Å². The standard InChI is InChI=1S/C23H26FN9O3/c1-2-36-22(35)29-21-18(20(26)34)14-32(30-21)23(7-9-25)8-12-31(15-19(23)24)13-16-3-5-17(6-4-16)33-27-10-11-28-33/h3-6,10-11,14,19H,2,7-8,12-13,15H2,1H3,(H2,26,34)(H,29,30,35). The zero-order valence-electron chi connectivity index (χ0n) is 19.7. The van der Waals surface area contributed by atoms with Crippen LogP contribution in [-0.2, 0) is 16.8 Å².